The number of carbonyl (C=O) groups is 2. The molecule has 1 aliphatic carbocycles. The first-order chi connectivity index (χ1) is 7.56. The highest BCUT2D eigenvalue weighted by Crippen LogP contribution is 2.30. The molecule has 2 amide bonds. The lowest BCUT2D eigenvalue weighted by Crippen LogP contribution is -2.39. The summed E-state index contributed by atoms with van der Waals surface area (Å²) in [4.78, 5) is 25.0. The van der Waals surface area contributed by atoms with Crippen LogP contribution in [0.2, 0.25) is 0 Å². The van der Waals surface area contributed by atoms with E-state index in [2.05, 4.69) is 5.32 Å². The molecule has 0 bridgehead atoms. The molecule has 1 aliphatic heterocycles. The number of rotatable bonds is 4. The molecule has 1 saturated carbocycles. The maximum atomic E-state index is 11.6. The van der Waals surface area contributed by atoms with Gasteiger partial charge in [-0.25, -0.2) is 0 Å². The van der Waals surface area contributed by atoms with Gasteiger partial charge in [-0.2, -0.15) is 0 Å². The predicted octanol–water partition coefficient (Wildman–Crippen LogP) is 0.0250. The highest BCUT2D eigenvalue weighted by Gasteiger charge is 2.39. The van der Waals surface area contributed by atoms with Crippen molar-refractivity contribution in [2.75, 3.05) is 6.54 Å². The first kappa shape index (κ1) is 14.3. The Bertz CT molecular complexity index is 305. The summed E-state index contributed by atoms with van der Waals surface area (Å²) >= 11 is 0. The molecule has 2 unspecified atom stereocenters. The van der Waals surface area contributed by atoms with Crippen LogP contribution < -0.4 is 11.1 Å². The number of halogens is 1. The van der Waals surface area contributed by atoms with Gasteiger partial charge in [0.2, 0.25) is 11.8 Å². The highest BCUT2D eigenvalue weighted by molar-refractivity contribution is 5.85. The van der Waals surface area contributed by atoms with Gasteiger partial charge in [-0.3, -0.25) is 9.59 Å². The van der Waals surface area contributed by atoms with Crippen LogP contribution in [0.5, 0.6) is 0 Å². The number of nitrogens with two attached hydrogens (primary N) is 1. The zero-order chi connectivity index (χ0) is 11.7. The SMILES string of the molecule is CC(N)CC(=O)NC1CC(=O)N(C2CC2)C1.Cl. The largest absolute Gasteiger partial charge is 0.351 e. The summed E-state index contributed by atoms with van der Waals surface area (Å²) in [6, 6.07) is 0.304. The van der Waals surface area contributed by atoms with E-state index in [1.54, 1.807) is 6.92 Å². The molecule has 2 aliphatic rings. The van der Waals surface area contributed by atoms with Gasteiger partial charge in [-0.15, -0.1) is 12.4 Å². The molecule has 17 heavy (non-hydrogen) atoms. The van der Waals surface area contributed by atoms with Crippen LogP contribution in [0.25, 0.3) is 0 Å². The van der Waals surface area contributed by atoms with Gasteiger partial charge >= 0.3 is 0 Å². The van der Waals surface area contributed by atoms with E-state index in [0.717, 1.165) is 12.8 Å². The fraction of sp³-hybridized carbons (Fsp3) is 0.818. The number of amides is 2. The van der Waals surface area contributed by atoms with E-state index in [1.165, 1.54) is 0 Å². The van der Waals surface area contributed by atoms with Crippen molar-refractivity contribution in [2.24, 2.45) is 5.73 Å². The van der Waals surface area contributed by atoms with Crippen LogP contribution in [-0.4, -0.2) is 41.4 Å². The second kappa shape index (κ2) is 5.69. The lowest BCUT2D eigenvalue weighted by Gasteiger charge is -2.16. The summed E-state index contributed by atoms with van der Waals surface area (Å²) in [5.74, 6) is 0.124. The topological polar surface area (TPSA) is 75.4 Å². The molecular formula is C11H20ClN3O2. The molecule has 0 aromatic rings. The van der Waals surface area contributed by atoms with Gasteiger partial charge < -0.3 is 16.0 Å². The van der Waals surface area contributed by atoms with Crippen molar-refractivity contribution < 1.29 is 9.59 Å². The summed E-state index contributed by atoms with van der Waals surface area (Å²) in [5, 5.41) is 2.87. The Morgan fingerprint density at radius 1 is 1.59 bits per heavy atom. The van der Waals surface area contributed by atoms with Crippen LogP contribution in [0.3, 0.4) is 0 Å². The Morgan fingerprint density at radius 2 is 2.24 bits per heavy atom. The summed E-state index contributed by atoms with van der Waals surface area (Å²) in [6.07, 6.45) is 3.01. The Morgan fingerprint density at radius 3 is 2.76 bits per heavy atom. The van der Waals surface area contributed by atoms with Crippen molar-refractivity contribution in [3.63, 3.8) is 0 Å². The fourth-order valence-electron chi connectivity index (χ4n) is 2.15. The second-order valence-corrected chi connectivity index (χ2v) is 4.93. The molecule has 0 aromatic carbocycles. The smallest absolute Gasteiger partial charge is 0.225 e. The lowest BCUT2D eigenvalue weighted by atomic mass is 10.2. The van der Waals surface area contributed by atoms with E-state index >= 15 is 0 Å². The van der Waals surface area contributed by atoms with Crippen molar-refractivity contribution in [1.29, 1.82) is 0 Å². The zero-order valence-corrected chi connectivity index (χ0v) is 10.8. The van der Waals surface area contributed by atoms with E-state index in [0.29, 0.717) is 25.4 Å². The van der Waals surface area contributed by atoms with E-state index in [4.69, 9.17) is 5.73 Å². The lowest BCUT2D eigenvalue weighted by molar-refractivity contribution is -0.128. The van der Waals surface area contributed by atoms with Crippen LogP contribution in [-0.2, 0) is 9.59 Å². The molecule has 2 fully saturated rings. The number of hydrogen-bond donors (Lipinski definition) is 2. The van der Waals surface area contributed by atoms with Crippen molar-refractivity contribution in [2.45, 2.75) is 50.7 Å². The summed E-state index contributed by atoms with van der Waals surface area (Å²) in [7, 11) is 0. The third-order valence-electron chi connectivity index (χ3n) is 3.02. The van der Waals surface area contributed by atoms with Gasteiger partial charge in [-0.05, 0) is 19.8 Å². The van der Waals surface area contributed by atoms with E-state index in [-0.39, 0.29) is 36.3 Å². The Labute approximate surface area is 108 Å². The minimum absolute atomic E-state index is 0. The molecule has 0 spiro atoms. The van der Waals surface area contributed by atoms with Crippen LogP contribution in [0, 0.1) is 0 Å². The number of nitrogens with one attached hydrogen (secondary N) is 1. The molecule has 5 nitrogen and oxygen atoms in total. The maximum absolute atomic E-state index is 11.6. The second-order valence-electron chi connectivity index (χ2n) is 4.93. The quantitative estimate of drug-likeness (QED) is 0.750. The van der Waals surface area contributed by atoms with Gasteiger partial charge in [0, 0.05) is 31.5 Å². The minimum atomic E-state index is -0.128. The molecule has 1 heterocycles. The van der Waals surface area contributed by atoms with Gasteiger partial charge in [0.1, 0.15) is 0 Å². The van der Waals surface area contributed by atoms with Gasteiger partial charge in [-0.1, -0.05) is 0 Å². The van der Waals surface area contributed by atoms with E-state index in [9.17, 15) is 9.59 Å². The summed E-state index contributed by atoms with van der Waals surface area (Å²) in [6.45, 7) is 2.48. The zero-order valence-electron chi connectivity index (χ0n) is 10.0. The van der Waals surface area contributed by atoms with Gasteiger partial charge in [0.15, 0.2) is 0 Å². The molecule has 0 radical (unpaired) electrons. The first-order valence-corrected chi connectivity index (χ1v) is 5.90. The molecule has 2 atom stereocenters. The molecule has 6 heteroatoms. The fourth-order valence-corrected chi connectivity index (χ4v) is 2.15. The average molecular weight is 262 g/mol. The van der Waals surface area contributed by atoms with Gasteiger partial charge in [0.25, 0.3) is 0 Å². The normalized spacial score (nSPS) is 25.4. The van der Waals surface area contributed by atoms with Crippen molar-refractivity contribution >= 4 is 24.2 Å². The molecular weight excluding hydrogens is 242 g/mol. The van der Waals surface area contributed by atoms with E-state index < -0.39 is 0 Å². The molecule has 0 aromatic heterocycles. The van der Waals surface area contributed by atoms with Gasteiger partial charge in [0.05, 0.1) is 6.04 Å². The molecule has 3 N–H and O–H groups in total. The molecule has 98 valence electrons. The van der Waals surface area contributed by atoms with Crippen LogP contribution in [0.1, 0.15) is 32.6 Å². The van der Waals surface area contributed by atoms with Crippen LogP contribution in [0.4, 0.5) is 0 Å². The Kier molecular flexibility index (Phi) is 4.77. The van der Waals surface area contributed by atoms with Crippen LogP contribution in [0.15, 0.2) is 0 Å². The number of carbonyl (C=O) groups excluding carboxylic acids is 2. The first-order valence-electron chi connectivity index (χ1n) is 5.90. The third kappa shape index (κ3) is 3.85. The standard InChI is InChI=1S/C11H19N3O2.ClH/c1-7(12)4-10(15)13-8-5-11(16)14(6-8)9-2-3-9;/h7-9H,2-6,12H2,1H3,(H,13,15);1H. The monoisotopic (exact) mass is 261 g/mol. The Balaban J connectivity index is 0.00000144. The predicted molar refractivity (Wildman–Crippen MR) is 66.8 cm³/mol. The summed E-state index contributed by atoms with van der Waals surface area (Å²) < 4.78 is 0. The van der Waals surface area contributed by atoms with Crippen molar-refractivity contribution in [1.82, 2.24) is 10.2 Å². The number of nitrogens with zero attached hydrogens (tertiary/aromatic N) is 1. The van der Waals surface area contributed by atoms with Crippen molar-refractivity contribution in [3.8, 4) is 0 Å². The number of hydrogen-bond acceptors (Lipinski definition) is 3. The average Bonchev–Trinajstić information content (AvgIpc) is 2.90. The minimum Gasteiger partial charge on any atom is -0.351 e. The highest BCUT2D eigenvalue weighted by atomic mass is 35.5. The summed E-state index contributed by atoms with van der Waals surface area (Å²) in [5.41, 5.74) is 5.54. The Hall–Kier alpha value is -0.810. The molecule has 2 rings (SSSR count). The maximum Gasteiger partial charge on any atom is 0.225 e. The van der Waals surface area contributed by atoms with Crippen LogP contribution >= 0.6 is 12.4 Å². The third-order valence-corrected chi connectivity index (χ3v) is 3.02. The van der Waals surface area contributed by atoms with E-state index in [1.807, 2.05) is 4.90 Å². The number of likely N-dealkylation sites (tertiary alicyclic amines) is 1. The van der Waals surface area contributed by atoms with Crippen molar-refractivity contribution in [3.05, 3.63) is 0 Å². The molecule has 1 saturated heterocycles.